The minimum atomic E-state index is -4.00. The lowest BCUT2D eigenvalue weighted by Crippen LogP contribution is -2.39. The van der Waals surface area contributed by atoms with Crippen molar-refractivity contribution in [1.29, 1.82) is 0 Å². The minimum Gasteiger partial charge on any atom is -0.396 e. The van der Waals surface area contributed by atoms with Gasteiger partial charge in [-0.05, 0) is 12.1 Å². The van der Waals surface area contributed by atoms with Crippen molar-refractivity contribution in [1.82, 2.24) is 0 Å². The first-order valence-corrected chi connectivity index (χ1v) is 7.51. The molecule has 122 valence electrons. The number of aliphatic hydroxyl groups is 2. The number of methoxy groups -OCH3 is 2. The van der Waals surface area contributed by atoms with Gasteiger partial charge in [0.15, 0.2) is 0 Å². The van der Waals surface area contributed by atoms with Gasteiger partial charge in [0, 0.05) is 14.2 Å². The van der Waals surface area contributed by atoms with Crippen LogP contribution in [0.25, 0.3) is 0 Å². The maximum Gasteiger partial charge on any atom is 0.294 e. The summed E-state index contributed by atoms with van der Waals surface area (Å²) < 4.78 is 38.9. The molecule has 0 unspecified atom stereocenters. The van der Waals surface area contributed by atoms with Crippen LogP contribution in [0, 0.1) is 5.41 Å². The van der Waals surface area contributed by atoms with Crippen molar-refractivity contribution in [2.75, 3.05) is 40.6 Å². The fraction of sp³-hybridized carbons (Fsp3) is 0.538. The number of aliphatic hydroxyl groups excluding tert-OH is 2. The van der Waals surface area contributed by atoms with Crippen LogP contribution in [0.2, 0.25) is 0 Å². The average Bonchev–Trinajstić information content (AvgIpc) is 2.47. The zero-order valence-corrected chi connectivity index (χ0v) is 12.9. The van der Waals surface area contributed by atoms with Crippen LogP contribution in [0.3, 0.4) is 0 Å². The van der Waals surface area contributed by atoms with Crippen molar-refractivity contribution in [3.8, 4) is 0 Å². The molecular formula is C13H22O7S. The average molecular weight is 322 g/mol. The Bertz CT molecular complexity index is 461. The van der Waals surface area contributed by atoms with Gasteiger partial charge in [-0.2, -0.15) is 8.42 Å². The summed E-state index contributed by atoms with van der Waals surface area (Å²) in [6, 6.07) is 7.42. The second-order valence-electron chi connectivity index (χ2n) is 4.47. The molecule has 0 aliphatic carbocycles. The smallest absolute Gasteiger partial charge is 0.294 e. The molecule has 0 saturated carbocycles. The fourth-order valence-corrected chi connectivity index (χ4v) is 1.98. The number of hydrogen-bond donors (Lipinski definition) is 3. The first-order valence-electron chi connectivity index (χ1n) is 6.07. The van der Waals surface area contributed by atoms with Crippen molar-refractivity contribution in [3.05, 3.63) is 30.3 Å². The Hall–Kier alpha value is -1.03. The molecule has 8 heteroatoms. The molecule has 0 heterocycles. The van der Waals surface area contributed by atoms with Gasteiger partial charge < -0.3 is 19.7 Å². The summed E-state index contributed by atoms with van der Waals surface area (Å²) in [5.41, 5.74) is -0.649. The Morgan fingerprint density at radius 2 is 1.43 bits per heavy atom. The van der Waals surface area contributed by atoms with Gasteiger partial charge >= 0.3 is 0 Å². The van der Waals surface area contributed by atoms with E-state index < -0.39 is 15.5 Å². The number of ether oxygens (including phenoxy) is 2. The van der Waals surface area contributed by atoms with Crippen LogP contribution in [0.5, 0.6) is 0 Å². The summed E-state index contributed by atoms with van der Waals surface area (Å²) in [5, 5.41) is 17.8. The summed E-state index contributed by atoms with van der Waals surface area (Å²) in [7, 11) is -0.956. The first kappa shape index (κ1) is 20.0. The van der Waals surface area contributed by atoms with E-state index in [2.05, 4.69) is 0 Å². The predicted molar refractivity (Wildman–Crippen MR) is 76.6 cm³/mol. The Labute approximate surface area is 124 Å². The van der Waals surface area contributed by atoms with E-state index in [4.69, 9.17) is 24.2 Å². The quantitative estimate of drug-likeness (QED) is 0.614. The minimum absolute atomic E-state index is 0.0741. The maximum atomic E-state index is 10.4. The molecule has 21 heavy (non-hydrogen) atoms. The fourth-order valence-electron chi connectivity index (χ4n) is 1.48. The highest BCUT2D eigenvalue weighted by atomic mass is 32.2. The van der Waals surface area contributed by atoms with E-state index in [9.17, 15) is 8.42 Å². The van der Waals surface area contributed by atoms with Gasteiger partial charge in [0.1, 0.15) is 0 Å². The largest absolute Gasteiger partial charge is 0.396 e. The Balaban J connectivity index is 0.000000382. The monoisotopic (exact) mass is 322 g/mol. The lowest BCUT2D eigenvalue weighted by atomic mass is 9.92. The molecule has 1 aromatic rings. The Morgan fingerprint density at radius 1 is 1.00 bits per heavy atom. The van der Waals surface area contributed by atoms with Gasteiger partial charge in [0.05, 0.1) is 36.7 Å². The third-order valence-corrected chi connectivity index (χ3v) is 3.48. The SMILES string of the molecule is COCC(CO)(CO)COC.O=S(=O)(O)c1ccccc1. The first-order chi connectivity index (χ1) is 9.85. The summed E-state index contributed by atoms with van der Waals surface area (Å²) >= 11 is 0. The molecule has 3 N–H and O–H groups in total. The van der Waals surface area contributed by atoms with Crippen molar-refractivity contribution in [2.45, 2.75) is 4.90 Å². The molecule has 0 spiro atoms. The van der Waals surface area contributed by atoms with E-state index in [0.717, 1.165) is 0 Å². The lowest BCUT2D eigenvalue weighted by molar-refractivity contribution is -0.0568. The third-order valence-electron chi connectivity index (χ3n) is 2.61. The van der Waals surface area contributed by atoms with Crippen LogP contribution in [0.15, 0.2) is 35.2 Å². The van der Waals surface area contributed by atoms with Gasteiger partial charge in [-0.3, -0.25) is 4.55 Å². The summed E-state index contributed by atoms with van der Waals surface area (Å²) in [4.78, 5) is -0.0741. The van der Waals surface area contributed by atoms with Gasteiger partial charge in [0.25, 0.3) is 10.1 Å². The third kappa shape index (κ3) is 7.51. The summed E-state index contributed by atoms with van der Waals surface area (Å²) in [5.74, 6) is 0. The van der Waals surface area contributed by atoms with Crippen molar-refractivity contribution in [2.24, 2.45) is 5.41 Å². The van der Waals surface area contributed by atoms with Crippen LogP contribution in [-0.4, -0.2) is 63.8 Å². The second kappa shape index (κ2) is 9.82. The Morgan fingerprint density at radius 3 is 1.67 bits per heavy atom. The summed E-state index contributed by atoms with van der Waals surface area (Å²) in [6.45, 7) is 0.331. The van der Waals surface area contributed by atoms with Crippen molar-refractivity contribution in [3.63, 3.8) is 0 Å². The van der Waals surface area contributed by atoms with Gasteiger partial charge in [-0.1, -0.05) is 18.2 Å². The highest BCUT2D eigenvalue weighted by Crippen LogP contribution is 2.15. The van der Waals surface area contributed by atoms with Gasteiger partial charge in [0.2, 0.25) is 0 Å². The second-order valence-corrected chi connectivity index (χ2v) is 5.89. The highest BCUT2D eigenvalue weighted by Gasteiger charge is 2.28. The van der Waals surface area contributed by atoms with E-state index in [-0.39, 0.29) is 18.1 Å². The summed E-state index contributed by atoms with van der Waals surface area (Å²) in [6.07, 6.45) is 0. The topological polar surface area (TPSA) is 113 Å². The van der Waals surface area contributed by atoms with Gasteiger partial charge in [-0.15, -0.1) is 0 Å². The number of benzene rings is 1. The molecule has 7 nitrogen and oxygen atoms in total. The van der Waals surface area contributed by atoms with Gasteiger partial charge in [-0.25, -0.2) is 0 Å². The predicted octanol–water partition coefficient (Wildman–Crippen LogP) is 0.184. The van der Waals surface area contributed by atoms with Crippen LogP contribution in [0.4, 0.5) is 0 Å². The van der Waals surface area contributed by atoms with E-state index in [1.807, 2.05) is 0 Å². The molecule has 0 radical (unpaired) electrons. The van der Waals surface area contributed by atoms with Crippen LogP contribution < -0.4 is 0 Å². The molecule has 1 aromatic carbocycles. The highest BCUT2D eigenvalue weighted by molar-refractivity contribution is 7.85. The molecule has 0 atom stereocenters. The van der Waals surface area contributed by atoms with Crippen LogP contribution in [-0.2, 0) is 19.6 Å². The van der Waals surface area contributed by atoms with E-state index >= 15 is 0 Å². The van der Waals surface area contributed by atoms with E-state index in [1.165, 1.54) is 26.4 Å². The molecule has 0 fully saturated rings. The van der Waals surface area contributed by atoms with Crippen LogP contribution in [0.1, 0.15) is 0 Å². The van der Waals surface area contributed by atoms with Crippen molar-refractivity contribution < 1.29 is 32.7 Å². The van der Waals surface area contributed by atoms with E-state index in [0.29, 0.717) is 13.2 Å². The molecule has 0 saturated heterocycles. The van der Waals surface area contributed by atoms with E-state index in [1.54, 1.807) is 18.2 Å². The molecule has 0 aliphatic heterocycles. The number of rotatable bonds is 7. The molecule has 0 aromatic heterocycles. The zero-order valence-electron chi connectivity index (χ0n) is 12.1. The maximum absolute atomic E-state index is 10.4. The standard InChI is InChI=1S/C7H16O4.C6H6O3S/c1-10-5-7(3-8,4-9)6-11-2;7-10(8,9)6-4-2-1-3-5-6/h8-9H,3-6H2,1-2H3;1-5H,(H,7,8,9). The number of hydrogen-bond acceptors (Lipinski definition) is 6. The van der Waals surface area contributed by atoms with Crippen LogP contribution >= 0.6 is 0 Å². The molecule has 1 rings (SSSR count). The molecule has 0 amide bonds. The van der Waals surface area contributed by atoms with Crippen molar-refractivity contribution >= 4 is 10.1 Å². The molecule has 0 bridgehead atoms. The molecular weight excluding hydrogens is 300 g/mol. The Kier molecular flexibility index (Phi) is 9.34. The molecule has 0 aliphatic rings. The zero-order chi connectivity index (χ0) is 16.4. The lowest BCUT2D eigenvalue weighted by Gasteiger charge is -2.27. The normalized spacial score (nSPS) is 11.7.